The minimum Gasteiger partial charge on any atom is -0.467 e. The molecule has 1 aromatic heterocycles. The minimum absolute atomic E-state index is 0.702. The molecule has 0 bridgehead atoms. The first-order valence-electron chi connectivity index (χ1n) is 5.31. The van der Waals surface area contributed by atoms with Crippen LogP contribution in [0.1, 0.15) is 37.9 Å². The number of hydrogen-bond acceptors (Lipinski definition) is 2. The van der Waals surface area contributed by atoms with E-state index in [4.69, 9.17) is 4.42 Å². The van der Waals surface area contributed by atoms with Crippen molar-refractivity contribution in [3.63, 3.8) is 0 Å². The van der Waals surface area contributed by atoms with Crippen LogP contribution in [0.5, 0.6) is 0 Å². The van der Waals surface area contributed by atoms with Crippen LogP contribution in [-0.2, 0) is 6.54 Å². The predicted molar refractivity (Wildman–Crippen MR) is 60.1 cm³/mol. The summed E-state index contributed by atoms with van der Waals surface area (Å²) in [5.41, 5.74) is 0. The van der Waals surface area contributed by atoms with Crippen LogP contribution in [0.3, 0.4) is 0 Å². The summed E-state index contributed by atoms with van der Waals surface area (Å²) in [5.74, 6) is 1.02. The van der Waals surface area contributed by atoms with Gasteiger partial charge in [-0.1, -0.05) is 19.3 Å². The third-order valence-electron chi connectivity index (χ3n) is 2.79. The Morgan fingerprint density at radius 1 is 1.36 bits per heavy atom. The summed E-state index contributed by atoms with van der Waals surface area (Å²) in [7, 11) is 0. The largest absolute Gasteiger partial charge is 0.467 e. The summed E-state index contributed by atoms with van der Waals surface area (Å²) in [4.78, 5) is 0. The Bertz CT molecular complexity index is 279. The van der Waals surface area contributed by atoms with Crippen molar-refractivity contribution in [3.05, 3.63) is 22.6 Å². The van der Waals surface area contributed by atoms with Gasteiger partial charge in [-0.05, 0) is 34.8 Å². The zero-order valence-electron chi connectivity index (χ0n) is 8.26. The smallest absolute Gasteiger partial charge is 0.118 e. The van der Waals surface area contributed by atoms with Crippen molar-refractivity contribution in [2.75, 3.05) is 0 Å². The molecule has 0 amide bonds. The molecule has 0 aromatic carbocycles. The van der Waals surface area contributed by atoms with E-state index in [1.54, 1.807) is 6.26 Å². The minimum atomic E-state index is 0.702. The highest BCUT2D eigenvalue weighted by atomic mass is 79.9. The summed E-state index contributed by atoms with van der Waals surface area (Å²) < 4.78 is 6.37. The van der Waals surface area contributed by atoms with Crippen molar-refractivity contribution in [1.82, 2.24) is 5.32 Å². The Balaban J connectivity index is 1.76. The lowest BCUT2D eigenvalue weighted by Gasteiger charge is -2.22. The van der Waals surface area contributed by atoms with Crippen molar-refractivity contribution in [2.24, 2.45) is 0 Å². The summed E-state index contributed by atoms with van der Waals surface area (Å²) >= 11 is 3.38. The van der Waals surface area contributed by atoms with E-state index in [1.807, 2.05) is 6.07 Å². The summed E-state index contributed by atoms with van der Waals surface area (Å²) in [6.07, 6.45) is 8.53. The number of hydrogen-bond donors (Lipinski definition) is 1. The van der Waals surface area contributed by atoms with Crippen molar-refractivity contribution < 1.29 is 4.42 Å². The first-order valence-corrected chi connectivity index (χ1v) is 6.10. The third kappa shape index (κ3) is 2.85. The fourth-order valence-corrected chi connectivity index (χ4v) is 2.35. The molecule has 1 aliphatic rings. The molecule has 1 aliphatic carbocycles. The van der Waals surface area contributed by atoms with Crippen molar-refractivity contribution >= 4 is 15.9 Å². The molecule has 1 fully saturated rings. The molecule has 3 heteroatoms. The second-order valence-corrected chi connectivity index (χ2v) is 4.86. The van der Waals surface area contributed by atoms with Gasteiger partial charge in [0.05, 0.1) is 11.0 Å². The maximum Gasteiger partial charge on any atom is 0.118 e. The average molecular weight is 258 g/mol. The lowest BCUT2D eigenvalue weighted by atomic mass is 9.95. The van der Waals surface area contributed by atoms with E-state index in [2.05, 4.69) is 21.2 Å². The van der Waals surface area contributed by atoms with Crippen LogP contribution in [0.2, 0.25) is 0 Å². The fraction of sp³-hybridized carbons (Fsp3) is 0.636. The van der Waals surface area contributed by atoms with Crippen molar-refractivity contribution in [2.45, 2.75) is 44.7 Å². The number of rotatable bonds is 3. The van der Waals surface area contributed by atoms with Gasteiger partial charge in [0.1, 0.15) is 12.0 Å². The monoisotopic (exact) mass is 257 g/mol. The van der Waals surface area contributed by atoms with Crippen molar-refractivity contribution in [3.8, 4) is 0 Å². The first-order chi connectivity index (χ1) is 6.84. The van der Waals surface area contributed by atoms with Crippen LogP contribution >= 0.6 is 15.9 Å². The normalized spacial score (nSPS) is 18.6. The second kappa shape index (κ2) is 4.99. The van der Waals surface area contributed by atoms with Gasteiger partial charge in [-0.15, -0.1) is 0 Å². The number of nitrogens with one attached hydrogen (secondary N) is 1. The Hall–Kier alpha value is -0.280. The molecule has 1 aromatic rings. The van der Waals surface area contributed by atoms with Crippen LogP contribution in [0.25, 0.3) is 0 Å². The van der Waals surface area contributed by atoms with Crippen LogP contribution in [-0.4, -0.2) is 6.04 Å². The Morgan fingerprint density at radius 3 is 2.79 bits per heavy atom. The molecule has 0 spiro atoms. The predicted octanol–water partition coefficient (Wildman–Crippen LogP) is 3.46. The average Bonchev–Trinajstić information content (AvgIpc) is 2.63. The lowest BCUT2D eigenvalue weighted by Crippen LogP contribution is -2.30. The Morgan fingerprint density at radius 2 is 2.14 bits per heavy atom. The molecule has 14 heavy (non-hydrogen) atoms. The van der Waals surface area contributed by atoms with Gasteiger partial charge in [-0.3, -0.25) is 0 Å². The summed E-state index contributed by atoms with van der Waals surface area (Å²) in [5, 5.41) is 3.54. The zero-order valence-corrected chi connectivity index (χ0v) is 9.85. The molecule has 1 N–H and O–H groups in total. The SMILES string of the molecule is Brc1coc(CNC2CCCCC2)c1. The van der Waals surface area contributed by atoms with E-state index in [0.717, 1.165) is 16.8 Å². The molecular formula is C11H16BrNO. The van der Waals surface area contributed by atoms with Gasteiger partial charge in [-0.2, -0.15) is 0 Å². The highest BCUT2D eigenvalue weighted by Crippen LogP contribution is 2.19. The molecule has 0 aliphatic heterocycles. The zero-order chi connectivity index (χ0) is 9.80. The van der Waals surface area contributed by atoms with E-state index < -0.39 is 0 Å². The second-order valence-electron chi connectivity index (χ2n) is 3.95. The molecular weight excluding hydrogens is 242 g/mol. The molecule has 0 saturated heterocycles. The Labute approximate surface area is 93.2 Å². The standard InChI is InChI=1S/C11H16BrNO/c12-9-6-11(14-8-9)7-13-10-4-2-1-3-5-10/h6,8,10,13H,1-5,7H2. The van der Waals surface area contributed by atoms with E-state index in [-0.39, 0.29) is 0 Å². The third-order valence-corrected chi connectivity index (χ3v) is 3.21. The highest BCUT2D eigenvalue weighted by molar-refractivity contribution is 9.10. The number of halogens is 1. The van der Waals surface area contributed by atoms with Gasteiger partial charge in [0.2, 0.25) is 0 Å². The number of furan rings is 1. The molecule has 2 rings (SSSR count). The maximum atomic E-state index is 5.35. The van der Waals surface area contributed by atoms with Crippen molar-refractivity contribution in [1.29, 1.82) is 0 Å². The molecule has 0 atom stereocenters. The summed E-state index contributed by atoms with van der Waals surface area (Å²) in [6.45, 7) is 0.857. The van der Waals surface area contributed by atoms with Gasteiger partial charge in [0.15, 0.2) is 0 Å². The molecule has 78 valence electrons. The quantitative estimate of drug-likeness (QED) is 0.898. The van der Waals surface area contributed by atoms with Gasteiger partial charge < -0.3 is 9.73 Å². The van der Waals surface area contributed by atoms with E-state index in [0.29, 0.717) is 6.04 Å². The van der Waals surface area contributed by atoms with E-state index in [9.17, 15) is 0 Å². The van der Waals surface area contributed by atoms with Gasteiger partial charge in [-0.25, -0.2) is 0 Å². The van der Waals surface area contributed by atoms with Crippen LogP contribution < -0.4 is 5.32 Å². The van der Waals surface area contributed by atoms with Crippen LogP contribution in [0.15, 0.2) is 21.2 Å². The van der Waals surface area contributed by atoms with Crippen LogP contribution in [0, 0.1) is 0 Å². The molecule has 0 unspecified atom stereocenters. The van der Waals surface area contributed by atoms with E-state index in [1.165, 1.54) is 32.1 Å². The highest BCUT2D eigenvalue weighted by Gasteiger charge is 2.12. The van der Waals surface area contributed by atoms with Gasteiger partial charge in [0, 0.05) is 6.04 Å². The molecule has 1 saturated carbocycles. The Kier molecular flexibility index (Phi) is 3.65. The van der Waals surface area contributed by atoms with Gasteiger partial charge >= 0.3 is 0 Å². The first kappa shape index (κ1) is 10.2. The lowest BCUT2D eigenvalue weighted by molar-refractivity contribution is 0.356. The fourth-order valence-electron chi connectivity index (χ4n) is 2.00. The molecule has 1 heterocycles. The molecule has 0 radical (unpaired) electrons. The maximum absolute atomic E-state index is 5.35. The van der Waals surface area contributed by atoms with E-state index >= 15 is 0 Å². The molecule has 2 nitrogen and oxygen atoms in total. The topological polar surface area (TPSA) is 25.2 Å². The van der Waals surface area contributed by atoms with Gasteiger partial charge in [0.25, 0.3) is 0 Å². The summed E-state index contributed by atoms with van der Waals surface area (Å²) in [6, 6.07) is 2.73. The van der Waals surface area contributed by atoms with Crippen LogP contribution in [0.4, 0.5) is 0 Å².